The van der Waals surface area contributed by atoms with Gasteiger partial charge in [0.15, 0.2) is 5.82 Å². The molecule has 2 heteroatoms. The summed E-state index contributed by atoms with van der Waals surface area (Å²) in [6, 6.07) is 64.6. The topological polar surface area (TPSA) is 25.8 Å². The lowest BCUT2D eigenvalue weighted by Crippen LogP contribution is -1.96. The van der Waals surface area contributed by atoms with Crippen molar-refractivity contribution < 1.29 is 0 Å². The van der Waals surface area contributed by atoms with Crippen LogP contribution in [0.4, 0.5) is 0 Å². The predicted octanol–water partition coefficient (Wildman–Crippen LogP) is 12.8. The lowest BCUT2D eigenvalue weighted by Gasteiger charge is -2.12. The first-order valence-corrected chi connectivity index (χ1v) is 17.1. The van der Waals surface area contributed by atoms with Gasteiger partial charge in [0.05, 0.1) is 11.4 Å². The maximum absolute atomic E-state index is 5.13. The van der Waals surface area contributed by atoms with Gasteiger partial charge in [0, 0.05) is 16.7 Å². The molecule has 2 nitrogen and oxygen atoms in total. The highest BCUT2D eigenvalue weighted by Crippen LogP contribution is 2.34. The third kappa shape index (κ3) is 6.65. The first-order valence-electron chi connectivity index (χ1n) is 17.1. The number of hydrogen-bond acceptors (Lipinski definition) is 2. The summed E-state index contributed by atoms with van der Waals surface area (Å²) in [6.07, 6.45) is 0. The monoisotopic (exact) mass is 640 g/mol. The Hall–Kier alpha value is -6.38. The molecule has 0 radical (unpaired) electrons. The first kappa shape index (κ1) is 30.9. The zero-order valence-corrected chi connectivity index (χ0v) is 28.2. The normalized spacial score (nSPS) is 11.0. The molecule has 7 aromatic carbocycles. The fourth-order valence-electron chi connectivity index (χ4n) is 6.58. The third-order valence-corrected chi connectivity index (χ3v) is 9.17. The van der Waals surface area contributed by atoms with Crippen molar-refractivity contribution in [2.75, 3.05) is 0 Å². The zero-order chi connectivity index (χ0) is 33.9. The van der Waals surface area contributed by atoms with Crippen LogP contribution in [0, 0.1) is 13.8 Å². The van der Waals surface area contributed by atoms with Crippen LogP contribution in [0.5, 0.6) is 0 Å². The molecule has 0 aliphatic heterocycles. The maximum Gasteiger partial charge on any atom is 0.160 e. The second kappa shape index (κ2) is 13.6. The van der Waals surface area contributed by atoms with Crippen molar-refractivity contribution in [2.45, 2.75) is 13.8 Å². The summed E-state index contributed by atoms with van der Waals surface area (Å²) >= 11 is 0. The number of aryl methyl sites for hydroxylation is 2. The molecule has 0 spiro atoms. The van der Waals surface area contributed by atoms with Crippen molar-refractivity contribution in [3.05, 3.63) is 193 Å². The van der Waals surface area contributed by atoms with Crippen LogP contribution in [0.15, 0.2) is 182 Å². The molecule has 0 atom stereocenters. The largest absolute Gasteiger partial charge is 0.228 e. The van der Waals surface area contributed by atoms with Crippen molar-refractivity contribution in [1.29, 1.82) is 0 Å². The second-order valence-corrected chi connectivity index (χ2v) is 12.9. The molecule has 0 aliphatic carbocycles. The van der Waals surface area contributed by atoms with Gasteiger partial charge in [-0.25, -0.2) is 9.97 Å². The molecule has 0 unspecified atom stereocenters. The average molecular weight is 641 g/mol. The van der Waals surface area contributed by atoms with Gasteiger partial charge in [-0.3, -0.25) is 0 Å². The number of benzene rings is 7. The molecule has 50 heavy (non-hydrogen) atoms. The molecule has 0 aliphatic rings. The Balaban J connectivity index is 1.19. The number of rotatable bonds is 7. The molecule has 1 aromatic heterocycles. The highest BCUT2D eigenvalue weighted by Gasteiger charge is 2.13. The van der Waals surface area contributed by atoms with E-state index < -0.39 is 0 Å². The highest BCUT2D eigenvalue weighted by molar-refractivity contribution is 5.80. The Labute approximate surface area is 294 Å². The summed E-state index contributed by atoms with van der Waals surface area (Å²) in [4.78, 5) is 10.3. The van der Waals surface area contributed by atoms with E-state index in [1.54, 1.807) is 0 Å². The van der Waals surface area contributed by atoms with E-state index in [-0.39, 0.29) is 0 Å². The Morgan fingerprint density at radius 3 is 0.940 bits per heavy atom. The first-order chi connectivity index (χ1) is 24.6. The molecular formula is C48H36N2. The van der Waals surface area contributed by atoms with Gasteiger partial charge in [-0.05, 0) is 88.7 Å². The van der Waals surface area contributed by atoms with E-state index in [2.05, 4.69) is 178 Å². The fraction of sp³-hybridized carbons (Fsp3) is 0.0417. The molecule has 0 amide bonds. The van der Waals surface area contributed by atoms with E-state index in [9.17, 15) is 0 Å². The quantitative estimate of drug-likeness (QED) is 0.173. The van der Waals surface area contributed by atoms with Gasteiger partial charge >= 0.3 is 0 Å². The third-order valence-electron chi connectivity index (χ3n) is 9.17. The lowest BCUT2D eigenvalue weighted by molar-refractivity contribution is 1.18. The van der Waals surface area contributed by atoms with Crippen molar-refractivity contribution in [2.24, 2.45) is 0 Å². The predicted molar refractivity (Wildman–Crippen MR) is 210 cm³/mol. The number of nitrogens with zero attached hydrogens (tertiary/aromatic N) is 2. The zero-order valence-electron chi connectivity index (χ0n) is 28.2. The molecular weight excluding hydrogens is 605 g/mol. The minimum absolute atomic E-state index is 0.705. The Kier molecular flexibility index (Phi) is 8.42. The molecule has 0 fully saturated rings. The van der Waals surface area contributed by atoms with Crippen molar-refractivity contribution in [3.8, 4) is 78.4 Å². The minimum Gasteiger partial charge on any atom is -0.228 e. The lowest BCUT2D eigenvalue weighted by atomic mass is 9.96. The van der Waals surface area contributed by atoms with Crippen LogP contribution in [0.3, 0.4) is 0 Å². The van der Waals surface area contributed by atoms with Crippen LogP contribution in [0.25, 0.3) is 78.4 Å². The van der Waals surface area contributed by atoms with E-state index in [4.69, 9.17) is 9.97 Å². The maximum atomic E-state index is 5.13. The summed E-state index contributed by atoms with van der Waals surface area (Å²) in [6.45, 7) is 4.27. The molecule has 8 aromatic rings. The van der Waals surface area contributed by atoms with Crippen molar-refractivity contribution in [3.63, 3.8) is 0 Å². The van der Waals surface area contributed by atoms with E-state index >= 15 is 0 Å². The van der Waals surface area contributed by atoms with Gasteiger partial charge in [-0.1, -0.05) is 163 Å². The summed E-state index contributed by atoms with van der Waals surface area (Å²) in [5, 5.41) is 0. The summed E-state index contributed by atoms with van der Waals surface area (Å²) in [5.74, 6) is 0.705. The SMILES string of the molecule is Cc1cccc(-c2cccc(-c3cccc(-c4cc(-c5cccc(-c6cccc(-c7cccc(C)c7)c6)c5)nc(-c5ccccc5)n4)c3)c2)c1. The van der Waals surface area contributed by atoms with E-state index in [0.29, 0.717) is 5.82 Å². The van der Waals surface area contributed by atoms with Crippen LogP contribution in [-0.4, -0.2) is 9.97 Å². The molecule has 0 N–H and O–H groups in total. The van der Waals surface area contributed by atoms with Gasteiger partial charge in [0.25, 0.3) is 0 Å². The Morgan fingerprint density at radius 2 is 0.560 bits per heavy atom. The fourth-order valence-corrected chi connectivity index (χ4v) is 6.58. The van der Waals surface area contributed by atoms with Gasteiger partial charge in [0.2, 0.25) is 0 Å². The highest BCUT2D eigenvalue weighted by atomic mass is 14.9. The molecule has 0 bridgehead atoms. The second-order valence-electron chi connectivity index (χ2n) is 12.9. The van der Waals surface area contributed by atoms with Crippen molar-refractivity contribution >= 4 is 0 Å². The number of hydrogen-bond donors (Lipinski definition) is 0. The molecule has 0 saturated heterocycles. The summed E-state index contributed by atoms with van der Waals surface area (Å²) in [7, 11) is 0. The summed E-state index contributed by atoms with van der Waals surface area (Å²) in [5.41, 5.74) is 16.9. The van der Waals surface area contributed by atoms with Crippen LogP contribution < -0.4 is 0 Å². The van der Waals surface area contributed by atoms with Crippen LogP contribution in [-0.2, 0) is 0 Å². The van der Waals surface area contributed by atoms with E-state index in [1.807, 2.05) is 18.2 Å². The number of aromatic nitrogens is 2. The van der Waals surface area contributed by atoms with Crippen LogP contribution in [0.1, 0.15) is 11.1 Å². The summed E-state index contributed by atoms with van der Waals surface area (Å²) < 4.78 is 0. The molecule has 238 valence electrons. The Bertz CT molecular complexity index is 2310. The molecule has 0 saturated carbocycles. The van der Waals surface area contributed by atoms with Crippen LogP contribution in [0.2, 0.25) is 0 Å². The van der Waals surface area contributed by atoms with E-state index in [1.165, 1.54) is 44.5 Å². The van der Waals surface area contributed by atoms with Gasteiger partial charge < -0.3 is 0 Å². The average Bonchev–Trinajstić information content (AvgIpc) is 3.18. The standard InChI is InChI=1S/C48H36N2/c1-33-12-6-16-36(26-33)38-18-8-20-40(28-38)42-22-10-24-44(30-42)46-32-47(50-48(49-46)35-14-4-3-5-15-35)45-25-11-23-43(31-45)41-21-9-19-39(29-41)37-17-7-13-34(2)27-37/h3-32H,1-2H3. The molecule has 8 rings (SSSR count). The Morgan fingerprint density at radius 1 is 0.260 bits per heavy atom. The smallest absolute Gasteiger partial charge is 0.160 e. The van der Waals surface area contributed by atoms with E-state index in [0.717, 1.165) is 39.2 Å². The minimum atomic E-state index is 0.705. The van der Waals surface area contributed by atoms with Gasteiger partial charge in [-0.15, -0.1) is 0 Å². The van der Waals surface area contributed by atoms with Gasteiger partial charge in [0.1, 0.15) is 0 Å². The van der Waals surface area contributed by atoms with Gasteiger partial charge in [-0.2, -0.15) is 0 Å². The van der Waals surface area contributed by atoms with Crippen LogP contribution >= 0.6 is 0 Å². The van der Waals surface area contributed by atoms with Crippen molar-refractivity contribution in [1.82, 2.24) is 9.97 Å². The molecule has 1 heterocycles.